The third kappa shape index (κ3) is 5.51. The molecule has 0 spiro atoms. The van der Waals surface area contributed by atoms with Crippen LogP contribution in [0.5, 0.6) is 11.5 Å². The minimum Gasteiger partial charge on any atom is -0.493 e. The van der Waals surface area contributed by atoms with Crippen LogP contribution in [0.1, 0.15) is 5.56 Å². The van der Waals surface area contributed by atoms with Crippen molar-refractivity contribution < 1.29 is 23.0 Å². The lowest BCUT2D eigenvalue weighted by Crippen LogP contribution is -2.20. The van der Waals surface area contributed by atoms with E-state index in [0.717, 1.165) is 5.56 Å². The van der Waals surface area contributed by atoms with Crippen LogP contribution in [0.2, 0.25) is 5.02 Å². The summed E-state index contributed by atoms with van der Waals surface area (Å²) in [6, 6.07) is 9.85. The number of ether oxygens (including phenoxy) is 2. The highest BCUT2D eigenvalue weighted by molar-refractivity contribution is 7.99. The normalized spacial score (nSPS) is 10.6. The van der Waals surface area contributed by atoms with Crippen LogP contribution >= 0.6 is 23.4 Å². The van der Waals surface area contributed by atoms with E-state index in [2.05, 4.69) is 5.32 Å². The van der Waals surface area contributed by atoms with Gasteiger partial charge in [0.05, 0.1) is 22.7 Å². The largest absolute Gasteiger partial charge is 0.493 e. The van der Waals surface area contributed by atoms with E-state index in [-0.39, 0.29) is 34.0 Å². The van der Waals surface area contributed by atoms with Crippen molar-refractivity contribution in [2.24, 2.45) is 0 Å². The van der Waals surface area contributed by atoms with Gasteiger partial charge in [0.2, 0.25) is 0 Å². The number of carbonyl (C=O) groups excluding carboxylic acids is 1. The number of alkyl halides is 2. The fourth-order valence-corrected chi connectivity index (χ4v) is 2.95. The Morgan fingerprint density at radius 2 is 2.04 bits per heavy atom. The number of thioether (sulfide) groups is 1. The first-order chi connectivity index (χ1) is 11.9. The van der Waals surface area contributed by atoms with Gasteiger partial charge in [-0.1, -0.05) is 35.5 Å². The van der Waals surface area contributed by atoms with Crippen LogP contribution in [-0.2, 0) is 4.79 Å². The molecule has 8 heteroatoms. The molecule has 4 nitrogen and oxygen atoms in total. The number of nitrogens with one attached hydrogen (secondary N) is 1. The van der Waals surface area contributed by atoms with Crippen LogP contribution in [0.4, 0.5) is 14.5 Å². The van der Waals surface area contributed by atoms with Crippen molar-refractivity contribution in [2.75, 3.05) is 19.0 Å². The molecule has 1 amide bonds. The first-order valence-electron chi connectivity index (χ1n) is 7.21. The fourth-order valence-electron chi connectivity index (χ4n) is 2.04. The topological polar surface area (TPSA) is 47.6 Å². The lowest BCUT2D eigenvalue weighted by atomic mass is 10.2. The quantitative estimate of drug-likeness (QED) is 0.680. The average molecular weight is 388 g/mol. The lowest BCUT2D eigenvalue weighted by molar-refractivity contribution is -0.118. The van der Waals surface area contributed by atoms with Crippen LogP contribution in [0.25, 0.3) is 0 Å². The smallest absolute Gasteiger partial charge is 0.289 e. The summed E-state index contributed by atoms with van der Waals surface area (Å²) < 4.78 is 36.0. The van der Waals surface area contributed by atoms with E-state index >= 15 is 0 Å². The van der Waals surface area contributed by atoms with Crippen LogP contribution in [-0.4, -0.2) is 25.4 Å². The number of benzene rings is 2. The number of rotatable bonds is 7. The summed E-state index contributed by atoms with van der Waals surface area (Å²) in [4.78, 5) is 12.2. The molecule has 0 aliphatic rings. The number of amides is 1. The molecule has 0 saturated heterocycles. The predicted octanol–water partition coefficient (Wildman–Crippen LogP) is 4.99. The van der Waals surface area contributed by atoms with Gasteiger partial charge in [0.25, 0.3) is 11.7 Å². The number of anilines is 1. The van der Waals surface area contributed by atoms with Crippen molar-refractivity contribution in [1.29, 1.82) is 0 Å². The lowest BCUT2D eigenvalue weighted by Gasteiger charge is -2.13. The highest BCUT2D eigenvalue weighted by Gasteiger charge is 2.16. The molecule has 0 fully saturated rings. The Labute approximate surface area is 153 Å². The summed E-state index contributed by atoms with van der Waals surface area (Å²) in [7, 11) is 1.50. The Morgan fingerprint density at radius 1 is 1.28 bits per heavy atom. The molecule has 0 unspecified atom stereocenters. The Balaban J connectivity index is 2.05. The molecule has 0 bridgehead atoms. The molecular formula is C17H16ClF2NO3S. The zero-order valence-electron chi connectivity index (χ0n) is 13.5. The molecule has 0 atom stereocenters. The van der Waals surface area contributed by atoms with Crippen LogP contribution in [0, 0.1) is 6.92 Å². The standard InChI is InChI=1S/C17H16ClF2NO3S/c1-10-6-7-13(14(8-10)23-2)24-9-15(22)21-12-5-3-4-11(18)16(12)25-17(19)20/h3-8,17H,9H2,1-2H3,(H,21,22). The van der Waals surface area contributed by atoms with Crippen molar-refractivity contribution in [3.05, 3.63) is 47.0 Å². The first kappa shape index (κ1) is 19.3. The van der Waals surface area contributed by atoms with Gasteiger partial charge in [-0.2, -0.15) is 8.78 Å². The van der Waals surface area contributed by atoms with Crippen molar-refractivity contribution in [3.63, 3.8) is 0 Å². The molecule has 0 aliphatic heterocycles. The maximum atomic E-state index is 12.7. The minimum absolute atomic E-state index is 0.112. The molecule has 25 heavy (non-hydrogen) atoms. The molecule has 0 heterocycles. The van der Waals surface area contributed by atoms with Gasteiger partial charge in [0.1, 0.15) is 0 Å². The summed E-state index contributed by atoms with van der Waals surface area (Å²) in [6.45, 7) is 1.60. The Kier molecular flexibility index (Phi) is 6.90. The monoisotopic (exact) mass is 387 g/mol. The van der Waals surface area contributed by atoms with Crippen LogP contribution in [0.3, 0.4) is 0 Å². The van der Waals surface area contributed by atoms with E-state index in [9.17, 15) is 13.6 Å². The SMILES string of the molecule is COc1cc(C)ccc1OCC(=O)Nc1cccc(Cl)c1SC(F)F. The number of aryl methyl sites for hydroxylation is 1. The fraction of sp³-hybridized carbons (Fsp3) is 0.235. The summed E-state index contributed by atoms with van der Waals surface area (Å²) in [5.41, 5.74) is 1.20. The number of halogens is 3. The second-order valence-electron chi connectivity index (χ2n) is 4.99. The van der Waals surface area contributed by atoms with E-state index in [1.807, 2.05) is 13.0 Å². The van der Waals surface area contributed by atoms with Gasteiger partial charge in [-0.15, -0.1) is 0 Å². The summed E-state index contributed by atoms with van der Waals surface area (Å²) in [5, 5.41) is 2.68. The summed E-state index contributed by atoms with van der Waals surface area (Å²) >= 11 is 6.21. The zero-order valence-corrected chi connectivity index (χ0v) is 15.1. The van der Waals surface area contributed by atoms with Crippen LogP contribution < -0.4 is 14.8 Å². The molecule has 0 saturated carbocycles. The van der Waals surface area contributed by atoms with Gasteiger partial charge < -0.3 is 14.8 Å². The van der Waals surface area contributed by atoms with E-state index in [1.165, 1.54) is 19.2 Å². The second kappa shape index (κ2) is 8.92. The predicted molar refractivity (Wildman–Crippen MR) is 95.2 cm³/mol. The third-order valence-corrected chi connectivity index (χ3v) is 4.41. The van der Waals surface area contributed by atoms with Gasteiger partial charge >= 0.3 is 0 Å². The Bertz CT molecular complexity index is 759. The van der Waals surface area contributed by atoms with Crippen molar-refractivity contribution in [3.8, 4) is 11.5 Å². The van der Waals surface area contributed by atoms with Crippen LogP contribution in [0.15, 0.2) is 41.3 Å². The Morgan fingerprint density at radius 3 is 2.72 bits per heavy atom. The number of carbonyl (C=O) groups is 1. The van der Waals surface area contributed by atoms with Crippen molar-refractivity contribution in [1.82, 2.24) is 0 Å². The van der Waals surface area contributed by atoms with Gasteiger partial charge in [-0.05, 0) is 36.8 Å². The Hall–Kier alpha value is -1.99. The second-order valence-corrected chi connectivity index (χ2v) is 6.39. The molecule has 1 N–H and O–H groups in total. The summed E-state index contributed by atoms with van der Waals surface area (Å²) in [5.74, 6) is -2.23. The van der Waals surface area contributed by atoms with Gasteiger partial charge in [0.15, 0.2) is 18.1 Å². The molecule has 0 aromatic heterocycles. The zero-order chi connectivity index (χ0) is 18.4. The maximum absolute atomic E-state index is 12.7. The molecule has 2 aromatic carbocycles. The van der Waals surface area contributed by atoms with Gasteiger partial charge in [-0.25, -0.2) is 0 Å². The summed E-state index contributed by atoms with van der Waals surface area (Å²) in [6.07, 6.45) is 0. The van der Waals surface area contributed by atoms with E-state index in [4.69, 9.17) is 21.1 Å². The average Bonchev–Trinajstić information content (AvgIpc) is 2.56. The van der Waals surface area contributed by atoms with E-state index in [0.29, 0.717) is 11.5 Å². The number of methoxy groups -OCH3 is 1. The molecule has 0 aliphatic carbocycles. The van der Waals surface area contributed by atoms with E-state index < -0.39 is 11.7 Å². The number of hydrogen-bond donors (Lipinski definition) is 1. The maximum Gasteiger partial charge on any atom is 0.289 e. The highest BCUT2D eigenvalue weighted by atomic mass is 35.5. The first-order valence-corrected chi connectivity index (χ1v) is 8.47. The molecule has 2 rings (SSSR count). The number of hydrogen-bond acceptors (Lipinski definition) is 4. The highest BCUT2D eigenvalue weighted by Crippen LogP contribution is 2.37. The third-order valence-electron chi connectivity index (χ3n) is 3.13. The molecule has 0 radical (unpaired) electrons. The van der Waals surface area contributed by atoms with Gasteiger partial charge in [0, 0.05) is 0 Å². The van der Waals surface area contributed by atoms with Crippen molar-refractivity contribution >= 4 is 35.0 Å². The van der Waals surface area contributed by atoms with Gasteiger partial charge in [-0.3, -0.25) is 4.79 Å². The molecular weight excluding hydrogens is 372 g/mol. The minimum atomic E-state index is -2.65. The van der Waals surface area contributed by atoms with Crippen molar-refractivity contribution in [2.45, 2.75) is 17.6 Å². The molecule has 2 aromatic rings. The molecule has 134 valence electrons. The van der Waals surface area contributed by atoms with E-state index in [1.54, 1.807) is 18.2 Å².